The van der Waals surface area contributed by atoms with Crippen molar-refractivity contribution >= 4 is 5.91 Å². The maximum Gasteiger partial charge on any atom is 0.237 e. The second-order valence-corrected chi connectivity index (χ2v) is 3.32. The van der Waals surface area contributed by atoms with E-state index in [-0.39, 0.29) is 11.9 Å². The zero-order chi connectivity index (χ0) is 9.80. The fourth-order valence-corrected chi connectivity index (χ4v) is 1.54. The van der Waals surface area contributed by atoms with E-state index in [9.17, 15) is 4.79 Å². The maximum absolute atomic E-state index is 11.4. The summed E-state index contributed by atoms with van der Waals surface area (Å²) < 4.78 is 0. The lowest BCUT2D eigenvalue weighted by Crippen LogP contribution is -2.53. The molecule has 14 heavy (non-hydrogen) atoms. The van der Waals surface area contributed by atoms with Gasteiger partial charge in [-0.05, 0) is 12.1 Å². The minimum Gasteiger partial charge on any atom is -0.353 e. The summed E-state index contributed by atoms with van der Waals surface area (Å²) in [6.45, 7) is 1.56. The molecule has 74 valence electrons. The number of rotatable bonds is 2. The Bertz CT molecular complexity index is 312. The Kier molecular flexibility index (Phi) is 2.74. The number of carbonyl (C=O) groups is 1. The summed E-state index contributed by atoms with van der Waals surface area (Å²) in [5, 5.41) is 5.99. The first-order chi connectivity index (χ1) is 6.86. The molecule has 0 saturated carbocycles. The predicted octanol–water partition coefficient (Wildman–Crippen LogP) is -0.288. The Morgan fingerprint density at radius 1 is 1.43 bits per heavy atom. The lowest BCUT2D eigenvalue weighted by atomic mass is 10.1. The monoisotopic (exact) mass is 191 g/mol. The third kappa shape index (κ3) is 2.09. The number of hydrogen-bond acceptors (Lipinski definition) is 3. The number of pyridine rings is 1. The lowest BCUT2D eigenvalue weighted by molar-refractivity contribution is -0.124. The summed E-state index contributed by atoms with van der Waals surface area (Å²) in [5.74, 6) is 0.0712. The van der Waals surface area contributed by atoms with Gasteiger partial charge in [0.05, 0.1) is 6.04 Å². The van der Waals surface area contributed by atoms with Crippen LogP contribution in [-0.2, 0) is 11.2 Å². The zero-order valence-electron chi connectivity index (χ0n) is 7.86. The first-order valence-electron chi connectivity index (χ1n) is 4.77. The van der Waals surface area contributed by atoms with E-state index in [1.807, 2.05) is 18.2 Å². The van der Waals surface area contributed by atoms with Crippen molar-refractivity contribution in [2.75, 3.05) is 13.1 Å². The Morgan fingerprint density at radius 3 is 3.07 bits per heavy atom. The molecule has 1 amide bonds. The number of amides is 1. The van der Waals surface area contributed by atoms with Crippen molar-refractivity contribution in [3.8, 4) is 0 Å². The fourth-order valence-electron chi connectivity index (χ4n) is 1.54. The van der Waals surface area contributed by atoms with Crippen molar-refractivity contribution in [3.63, 3.8) is 0 Å². The summed E-state index contributed by atoms with van der Waals surface area (Å²) in [6, 6.07) is 5.61. The molecule has 0 aliphatic carbocycles. The first-order valence-corrected chi connectivity index (χ1v) is 4.77. The highest BCUT2D eigenvalue weighted by atomic mass is 16.2. The van der Waals surface area contributed by atoms with Gasteiger partial charge >= 0.3 is 0 Å². The summed E-state index contributed by atoms with van der Waals surface area (Å²) in [4.78, 5) is 15.6. The van der Waals surface area contributed by atoms with Gasteiger partial charge in [-0.25, -0.2) is 0 Å². The number of nitrogens with one attached hydrogen (secondary N) is 2. The molecule has 0 aromatic carbocycles. The molecule has 1 saturated heterocycles. The molecule has 0 spiro atoms. The SMILES string of the molecule is O=C1NCCNC1Cc1ccccn1. The van der Waals surface area contributed by atoms with Crippen molar-refractivity contribution in [1.29, 1.82) is 0 Å². The zero-order valence-corrected chi connectivity index (χ0v) is 7.86. The lowest BCUT2D eigenvalue weighted by Gasteiger charge is -2.22. The molecule has 2 heterocycles. The second kappa shape index (κ2) is 4.19. The summed E-state index contributed by atoms with van der Waals surface area (Å²) >= 11 is 0. The van der Waals surface area contributed by atoms with Crippen molar-refractivity contribution in [1.82, 2.24) is 15.6 Å². The van der Waals surface area contributed by atoms with Crippen LogP contribution in [0.2, 0.25) is 0 Å². The van der Waals surface area contributed by atoms with E-state index in [1.54, 1.807) is 6.20 Å². The molecule has 1 aliphatic heterocycles. The molecule has 2 rings (SSSR count). The topological polar surface area (TPSA) is 54.0 Å². The van der Waals surface area contributed by atoms with Gasteiger partial charge in [0.15, 0.2) is 0 Å². The van der Waals surface area contributed by atoms with Crippen LogP contribution in [0.3, 0.4) is 0 Å². The number of carbonyl (C=O) groups excluding carboxylic acids is 1. The molecule has 2 N–H and O–H groups in total. The van der Waals surface area contributed by atoms with Gasteiger partial charge < -0.3 is 10.6 Å². The minimum atomic E-state index is -0.126. The molecule has 4 heteroatoms. The van der Waals surface area contributed by atoms with Crippen LogP contribution in [0.25, 0.3) is 0 Å². The van der Waals surface area contributed by atoms with Crippen molar-refractivity contribution in [2.24, 2.45) is 0 Å². The van der Waals surface area contributed by atoms with Gasteiger partial charge in [-0.1, -0.05) is 6.07 Å². The Balaban J connectivity index is 2.00. The Labute approximate surface area is 82.7 Å². The minimum absolute atomic E-state index is 0.0712. The number of aromatic nitrogens is 1. The highest BCUT2D eigenvalue weighted by molar-refractivity contribution is 5.82. The molecular formula is C10H13N3O. The molecule has 1 aliphatic rings. The molecule has 4 nitrogen and oxygen atoms in total. The summed E-state index contributed by atoms with van der Waals surface area (Å²) in [7, 11) is 0. The fraction of sp³-hybridized carbons (Fsp3) is 0.400. The van der Waals surface area contributed by atoms with Crippen molar-refractivity contribution in [3.05, 3.63) is 30.1 Å². The molecule has 0 radical (unpaired) electrons. The largest absolute Gasteiger partial charge is 0.353 e. The van der Waals surface area contributed by atoms with E-state index >= 15 is 0 Å². The third-order valence-corrected chi connectivity index (χ3v) is 2.27. The van der Waals surface area contributed by atoms with Gasteiger partial charge in [0.1, 0.15) is 0 Å². The average molecular weight is 191 g/mol. The van der Waals surface area contributed by atoms with E-state index < -0.39 is 0 Å². The van der Waals surface area contributed by atoms with E-state index in [4.69, 9.17) is 0 Å². The molecular weight excluding hydrogens is 178 g/mol. The van der Waals surface area contributed by atoms with E-state index in [0.29, 0.717) is 6.42 Å². The quantitative estimate of drug-likeness (QED) is 0.675. The maximum atomic E-state index is 11.4. The van der Waals surface area contributed by atoms with E-state index in [2.05, 4.69) is 15.6 Å². The molecule has 1 fully saturated rings. The predicted molar refractivity (Wildman–Crippen MR) is 52.7 cm³/mol. The van der Waals surface area contributed by atoms with Gasteiger partial charge in [0.25, 0.3) is 0 Å². The van der Waals surface area contributed by atoms with Crippen LogP contribution in [0.1, 0.15) is 5.69 Å². The molecule has 1 unspecified atom stereocenters. The Hall–Kier alpha value is -1.42. The van der Waals surface area contributed by atoms with Gasteiger partial charge in [-0.2, -0.15) is 0 Å². The third-order valence-electron chi connectivity index (χ3n) is 2.27. The van der Waals surface area contributed by atoms with Gasteiger partial charge in [0.2, 0.25) is 5.91 Å². The molecule has 1 aromatic heterocycles. The number of piperazine rings is 1. The van der Waals surface area contributed by atoms with Crippen LogP contribution in [0.15, 0.2) is 24.4 Å². The Morgan fingerprint density at radius 2 is 2.36 bits per heavy atom. The standard InChI is InChI=1S/C10H13N3O/c14-10-9(12-5-6-13-10)7-8-3-1-2-4-11-8/h1-4,9,12H,5-7H2,(H,13,14). The first kappa shape index (κ1) is 9.15. The molecule has 0 bridgehead atoms. The van der Waals surface area contributed by atoms with Crippen LogP contribution >= 0.6 is 0 Å². The number of nitrogens with zero attached hydrogens (tertiary/aromatic N) is 1. The van der Waals surface area contributed by atoms with Gasteiger partial charge in [-0.15, -0.1) is 0 Å². The number of hydrogen-bond donors (Lipinski definition) is 2. The van der Waals surface area contributed by atoms with Crippen LogP contribution in [0.5, 0.6) is 0 Å². The van der Waals surface area contributed by atoms with E-state index in [1.165, 1.54) is 0 Å². The van der Waals surface area contributed by atoms with E-state index in [0.717, 1.165) is 18.8 Å². The molecule has 1 aromatic rings. The normalized spacial score (nSPS) is 21.7. The summed E-state index contributed by atoms with van der Waals surface area (Å²) in [5.41, 5.74) is 0.946. The average Bonchev–Trinajstić information content (AvgIpc) is 2.23. The highest BCUT2D eigenvalue weighted by Crippen LogP contribution is 2.01. The van der Waals surface area contributed by atoms with Crippen LogP contribution in [0.4, 0.5) is 0 Å². The van der Waals surface area contributed by atoms with Crippen molar-refractivity contribution in [2.45, 2.75) is 12.5 Å². The van der Waals surface area contributed by atoms with Crippen LogP contribution < -0.4 is 10.6 Å². The highest BCUT2D eigenvalue weighted by Gasteiger charge is 2.21. The second-order valence-electron chi connectivity index (χ2n) is 3.32. The van der Waals surface area contributed by atoms with Gasteiger partial charge in [-0.3, -0.25) is 9.78 Å². The van der Waals surface area contributed by atoms with Crippen molar-refractivity contribution < 1.29 is 4.79 Å². The summed E-state index contributed by atoms with van der Waals surface area (Å²) in [6.07, 6.45) is 2.41. The van der Waals surface area contributed by atoms with Crippen LogP contribution in [-0.4, -0.2) is 30.0 Å². The molecule has 1 atom stereocenters. The van der Waals surface area contributed by atoms with Gasteiger partial charge in [0, 0.05) is 31.4 Å². The smallest absolute Gasteiger partial charge is 0.237 e. The van der Waals surface area contributed by atoms with Crippen LogP contribution in [0, 0.1) is 0 Å².